The van der Waals surface area contributed by atoms with E-state index in [0.717, 1.165) is 19.3 Å². The first-order valence-electron chi connectivity index (χ1n) is 7.63. The zero-order chi connectivity index (χ0) is 15.7. The van der Waals surface area contributed by atoms with E-state index in [1.165, 1.54) is 17.0 Å². The van der Waals surface area contributed by atoms with Crippen LogP contribution in [0.5, 0.6) is 0 Å². The fourth-order valence-electron chi connectivity index (χ4n) is 3.14. The van der Waals surface area contributed by atoms with Crippen molar-refractivity contribution in [3.63, 3.8) is 0 Å². The van der Waals surface area contributed by atoms with Gasteiger partial charge in [-0.2, -0.15) is 0 Å². The predicted octanol–water partition coefficient (Wildman–Crippen LogP) is 2.20. The van der Waals surface area contributed by atoms with Gasteiger partial charge in [-0.25, -0.2) is 4.39 Å². The lowest BCUT2D eigenvalue weighted by Gasteiger charge is -2.21. The van der Waals surface area contributed by atoms with Gasteiger partial charge < -0.3 is 15.3 Å². The molecular weight excluding hydrogens is 287 g/mol. The van der Waals surface area contributed by atoms with E-state index in [0.29, 0.717) is 31.5 Å². The monoisotopic (exact) mass is 306 g/mol. The maximum Gasteiger partial charge on any atom is 0.256 e. The Bertz CT molecular complexity index is 611. The molecule has 1 heterocycles. The van der Waals surface area contributed by atoms with E-state index < -0.39 is 17.3 Å². The van der Waals surface area contributed by atoms with Crippen LogP contribution >= 0.6 is 0 Å². The summed E-state index contributed by atoms with van der Waals surface area (Å²) in [6.07, 6.45) is 3.65. The highest BCUT2D eigenvalue weighted by Gasteiger charge is 2.38. The first-order chi connectivity index (χ1) is 10.5. The van der Waals surface area contributed by atoms with Gasteiger partial charge >= 0.3 is 0 Å². The highest BCUT2D eigenvalue weighted by molar-refractivity contribution is 5.98. The molecule has 1 aliphatic carbocycles. The van der Waals surface area contributed by atoms with Crippen LogP contribution in [0.2, 0.25) is 0 Å². The highest BCUT2D eigenvalue weighted by Crippen LogP contribution is 2.31. The van der Waals surface area contributed by atoms with Gasteiger partial charge in [0.2, 0.25) is 5.91 Å². The molecule has 0 bridgehead atoms. The van der Waals surface area contributed by atoms with E-state index in [1.54, 1.807) is 6.07 Å². The molecule has 0 radical (unpaired) electrons. The number of hydrogen-bond donors (Lipinski definition) is 2. The predicted molar refractivity (Wildman–Crippen MR) is 80.0 cm³/mol. The lowest BCUT2D eigenvalue weighted by atomic mass is 10.0. The Balaban J connectivity index is 1.74. The van der Waals surface area contributed by atoms with Crippen molar-refractivity contribution in [3.8, 4) is 0 Å². The Morgan fingerprint density at radius 2 is 2.00 bits per heavy atom. The van der Waals surface area contributed by atoms with Crippen molar-refractivity contribution in [1.82, 2.24) is 0 Å². The Morgan fingerprint density at radius 1 is 1.27 bits per heavy atom. The second-order valence-corrected chi connectivity index (χ2v) is 6.01. The van der Waals surface area contributed by atoms with Crippen molar-refractivity contribution >= 4 is 23.2 Å². The van der Waals surface area contributed by atoms with Gasteiger partial charge in [-0.15, -0.1) is 0 Å². The van der Waals surface area contributed by atoms with Gasteiger partial charge in [-0.3, -0.25) is 9.59 Å². The van der Waals surface area contributed by atoms with Gasteiger partial charge in [0.15, 0.2) is 0 Å². The molecule has 1 aromatic carbocycles. The minimum atomic E-state index is -1.35. The summed E-state index contributed by atoms with van der Waals surface area (Å²) >= 11 is 0. The zero-order valence-corrected chi connectivity index (χ0v) is 12.3. The normalized spacial score (nSPS) is 20.5. The van der Waals surface area contributed by atoms with E-state index in [2.05, 4.69) is 5.32 Å². The van der Waals surface area contributed by atoms with E-state index in [4.69, 9.17) is 0 Å². The number of aliphatic hydroxyl groups is 1. The van der Waals surface area contributed by atoms with Crippen molar-refractivity contribution in [2.45, 2.75) is 44.1 Å². The number of carbonyl (C=O) groups is 2. The molecule has 2 aliphatic rings. The number of anilines is 2. The number of amides is 2. The molecule has 2 N–H and O–H groups in total. The number of nitrogens with one attached hydrogen (secondary N) is 1. The van der Waals surface area contributed by atoms with Crippen molar-refractivity contribution in [1.29, 1.82) is 0 Å². The summed E-state index contributed by atoms with van der Waals surface area (Å²) in [5.74, 6) is -1.13. The summed E-state index contributed by atoms with van der Waals surface area (Å²) < 4.78 is 14.2. The minimum absolute atomic E-state index is 0.0871. The van der Waals surface area contributed by atoms with Crippen LogP contribution in [-0.2, 0) is 9.59 Å². The quantitative estimate of drug-likeness (QED) is 0.899. The molecule has 118 valence electrons. The fraction of sp³-hybridized carbons (Fsp3) is 0.500. The maximum atomic E-state index is 14.2. The molecule has 0 atom stereocenters. The molecule has 5 nitrogen and oxygen atoms in total. The third kappa shape index (κ3) is 2.70. The Morgan fingerprint density at radius 3 is 2.59 bits per heavy atom. The average molecular weight is 306 g/mol. The second kappa shape index (κ2) is 5.68. The Kier molecular flexibility index (Phi) is 3.87. The van der Waals surface area contributed by atoms with E-state index in [-0.39, 0.29) is 11.6 Å². The number of rotatable bonds is 3. The van der Waals surface area contributed by atoms with Crippen LogP contribution in [0.1, 0.15) is 38.5 Å². The largest absolute Gasteiger partial charge is 0.380 e. The summed E-state index contributed by atoms with van der Waals surface area (Å²) in [6, 6.07) is 4.24. The molecule has 6 heteroatoms. The van der Waals surface area contributed by atoms with Crippen LogP contribution in [0, 0.1) is 5.82 Å². The molecule has 2 amide bonds. The van der Waals surface area contributed by atoms with E-state index in [9.17, 15) is 19.1 Å². The van der Waals surface area contributed by atoms with Gasteiger partial charge in [-0.1, -0.05) is 0 Å². The van der Waals surface area contributed by atoms with Gasteiger partial charge in [0.25, 0.3) is 5.91 Å². The molecule has 1 saturated carbocycles. The van der Waals surface area contributed by atoms with Crippen LogP contribution in [0.4, 0.5) is 15.8 Å². The summed E-state index contributed by atoms with van der Waals surface area (Å²) in [6.45, 7) is 0.515. The molecule has 0 aromatic heterocycles. The number of halogens is 1. The summed E-state index contributed by atoms with van der Waals surface area (Å²) in [7, 11) is 0. The lowest BCUT2D eigenvalue weighted by Crippen LogP contribution is -2.40. The van der Waals surface area contributed by atoms with Crippen molar-refractivity contribution in [2.24, 2.45) is 0 Å². The average Bonchev–Trinajstić information content (AvgIpc) is 3.09. The van der Waals surface area contributed by atoms with Crippen LogP contribution in [0.3, 0.4) is 0 Å². The SMILES string of the molecule is O=C1CCCN1c1ccc(NC(=O)C2(O)CCCC2)cc1F. The standard InChI is InChI=1S/C16H19FN2O3/c17-12-10-11(18-15(21)16(22)7-1-2-8-16)5-6-13(12)19-9-3-4-14(19)20/h5-6,10,22H,1-4,7-9H2,(H,18,21). The number of nitrogens with zero attached hydrogens (tertiary/aromatic N) is 1. The number of benzene rings is 1. The van der Waals surface area contributed by atoms with Crippen molar-refractivity contribution < 1.29 is 19.1 Å². The molecule has 1 saturated heterocycles. The number of carbonyl (C=O) groups excluding carboxylic acids is 2. The Hall–Kier alpha value is -1.95. The smallest absolute Gasteiger partial charge is 0.256 e. The minimum Gasteiger partial charge on any atom is -0.380 e. The van der Waals surface area contributed by atoms with Gasteiger partial charge in [-0.05, 0) is 50.3 Å². The molecule has 1 aliphatic heterocycles. The maximum absolute atomic E-state index is 14.2. The third-order valence-electron chi connectivity index (χ3n) is 4.42. The molecule has 0 unspecified atom stereocenters. The molecule has 22 heavy (non-hydrogen) atoms. The first-order valence-corrected chi connectivity index (χ1v) is 7.63. The van der Waals surface area contributed by atoms with Crippen molar-refractivity contribution in [2.75, 3.05) is 16.8 Å². The van der Waals surface area contributed by atoms with Gasteiger partial charge in [0.05, 0.1) is 5.69 Å². The van der Waals surface area contributed by atoms with Crippen LogP contribution < -0.4 is 10.2 Å². The molecule has 0 spiro atoms. The van der Waals surface area contributed by atoms with Crippen LogP contribution in [0.15, 0.2) is 18.2 Å². The fourth-order valence-corrected chi connectivity index (χ4v) is 3.14. The summed E-state index contributed by atoms with van der Waals surface area (Å²) in [4.78, 5) is 25.2. The molecule has 3 rings (SSSR count). The molecule has 1 aromatic rings. The van der Waals surface area contributed by atoms with Gasteiger partial charge in [0, 0.05) is 18.7 Å². The summed E-state index contributed by atoms with van der Waals surface area (Å²) in [5, 5.41) is 12.8. The van der Waals surface area contributed by atoms with E-state index in [1.807, 2.05) is 0 Å². The summed E-state index contributed by atoms with van der Waals surface area (Å²) in [5.41, 5.74) is -0.821. The first kappa shape index (κ1) is 15.0. The van der Waals surface area contributed by atoms with Gasteiger partial charge in [0.1, 0.15) is 11.4 Å². The van der Waals surface area contributed by atoms with Crippen LogP contribution in [0.25, 0.3) is 0 Å². The van der Waals surface area contributed by atoms with Crippen molar-refractivity contribution in [3.05, 3.63) is 24.0 Å². The topological polar surface area (TPSA) is 69.6 Å². The van der Waals surface area contributed by atoms with Crippen LogP contribution in [-0.4, -0.2) is 29.1 Å². The highest BCUT2D eigenvalue weighted by atomic mass is 19.1. The third-order valence-corrected chi connectivity index (χ3v) is 4.42. The number of hydrogen-bond acceptors (Lipinski definition) is 3. The zero-order valence-electron chi connectivity index (χ0n) is 12.3. The Labute approximate surface area is 128 Å². The molecule has 2 fully saturated rings. The molecular formula is C16H19FN2O3. The lowest BCUT2D eigenvalue weighted by molar-refractivity contribution is -0.133. The van der Waals surface area contributed by atoms with E-state index >= 15 is 0 Å². The second-order valence-electron chi connectivity index (χ2n) is 6.01.